The molecule has 4 rings (SSSR count). The fourth-order valence-corrected chi connectivity index (χ4v) is 3.99. The van der Waals surface area contributed by atoms with E-state index in [0.717, 1.165) is 47.1 Å². The van der Waals surface area contributed by atoms with Crippen molar-refractivity contribution in [2.45, 2.75) is 37.6 Å². The standard InChI is InChI=1S/C19H23F2N3O2/c1-25-16-6-13-15(7-17(16)26-2)24-14-5-3-4-12(14)18(13)23-11-8-19(20,21)10-22-9-11/h6-7,11,22H,3-5,8-10H2,1-2H3,(H,23,24)/t11-/m0/s1. The van der Waals surface area contributed by atoms with E-state index < -0.39 is 5.92 Å². The molecule has 0 spiro atoms. The van der Waals surface area contributed by atoms with E-state index in [1.54, 1.807) is 14.2 Å². The van der Waals surface area contributed by atoms with Gasteiger partial charge in [0.1, 0.15) is 0 Å². The first-order valence-corrected chi connectivity index (χ1v) is 8.93. The van der Waals surface area contributed by atoms with E-state index in [-0.39, 0.29) is 19.0 Å². The molecule has 0 saturated carbocycles. The van der Waals surface area contributed by atoms with Crippen molar-refractivity contribution in [2.24, 2.45) is 0 Å². The molecule has 0 radical (unpaired) electrons. The number of benzene rings is 1. The van der Waals surface area contributed by atoms with Gasteiger partial charge in [-0.15, -0.1) is 0 Å². The molecule has 0 amide bonds. The van der Waals surface area contributed by atoms with Crippen LogP contribution >= 0.6 is 0 Å². The van der Waals surface area contributed by atoms with Crippen LogP contribution in [0.4, 0.5) is 14.5 Å². The summed E-state index contributed by atoms with van der Waals surface area (Å²) in [6.45, 7) is 0.257. The Morgan fingerprint density at radius 3 is 2.69 bits per heavy atom. The Bertz CT molecular complexity index is 841. The van der Waals surface area contributed by atoms with Crippen molar-refractivity contribution in [1.29, 1.82) is 0 Å². The Morgan fingerprint density at radius 2 is 1.96 bits per heavy atom. The van der Waals surface area contributed by atoms with Gasteiger partial charge in [-0.25, -0.2) is 8.78 Å². The van der Waals surface area contributed by atoms with Gasteiger partial charge in [0, 0.05) is 41.8 Å². The number of alkyl halides is 2. The van der Waals surface area contributed by atoms with Crippen molar-refractivity contribution in [3.05, 3.63) is 23.4 Å². The molecule has 7 heteroatoms. The Hall–Kier alpha value is -2.15. The third-order valence-electron chi connectivity index (χ3n) is 5.18. The lowest BCUT2D eigenvalue weighted by Crippen LogP contribution is -2.49. The minimum absolute atomic E-state index is 0.175. The summed E-state index contributed by atoms with van der Waals surface area (Å²) < 4.78 is 38.4. The highest BCUT2D eigenvalue weighted by Gasteiger charge is 2.37. The lowest BCUT2D eigenvalue weighted by atomic mass is 10.0. The second-order valence-electron chi connectivity index (χ2n) is 7.02. The van der Waals surface area contributed by atoms with Gasteiger partial charge >= 0.3 is 0 Å². The highest BCUT2D eigenvalue weighted by atomic mass is 19.3. The van der Waals surface area contributed by atoms with Gasteiger partial charge in [-0.1, -0.05) is 0 Å². The number of hydrogen-bond donors (Lipinski definition) is 2. The summed E-state index contributed by atoms with van der Waals surface area (Å²) in [5.74, 6) is -1.47. The fraction of sp³-hybridized carbons (Fsp3) is 0.526. The number of nitrogens with zero attached hydrogens (tertiary/aromatic N) is 1. The van der Waals surface area contributed by atoms with Gasteiger partial charge in [0.05, 0.1) is 26.3 Å². The van der Waals surface area contributed by atoms with E-state index in [9.17, 15) is 8.78 Å². The zero-order valence-electron chi connectivity index (χ0n) is 15.0. The van der Waals surface area contributed by atoms with Crippen LogP contribution in [0.5, 0.6) is 11.5 Å². The van der Waals surface area contributed by atoms with Crippen LogP contribution in [0.1, 0.15) is 24.1 Å². The van der Waals surface area contributed by atoms with E-state index in [1.165, 1.54) is 0 Å². The molecule has 1 aromatic carbocycles. The number of anilines is 1. The smallest absolute Gasteiger partial charge is 0.262 e. The molecule has 0 unspecified atom stereocenters. The largest absolute Gasteiger partial charge is 0.493 e. The van der Waals surface area contributed by atoms with E-state index in [0.29, 0.717) is 18.0 Å². The number of piperidine rings is 1. The van der Waals surface area contributed by atoms with Gasteiger partial charge in [0.25, 0.3) is 5.92 Å². The third kappa shape index (κ3) is 3.05. The topological polar surface area (TPSA) is 55.4 Å². The monoisotopic (exact) mass is 363 g/mol. The first kappa shape index (κ1) is 17.3. The second kappa shape index (κ2) is 6.54. The molecular weight excluding hydrogens is 340 g/mol. The van der Waals surface area contributed by atoms with Crippen LogP contribution < -0.4 is 20.1 Å². The number of methoxy groups -OCH3 is 2. The molecule has 140 valence electrons. The maximum Gasteiger partial charge on any atom is 0.262 e. The zero-order chi connectivity index (χ0) is 18.3. The van der Waals surface area contributed by atoms with Gasteiger partial charge in [-0.3, -0.25) is 4.98 Å². The third-order valence-corrected chi connectivity index (χ3v) is 5.18. The molecule has 1 atom stereocenters. The van der Waals surface area contributed by atoms with Crippen LogP contribution in [0.2, 0.25) is 0 Å². The number of rotatable bonds is 4. The quantitative estimate of drug-likeness (QED) is 0.874. The summed E-state index contributed by atoms with van der Waals surface area (Å²) in [6.07, 6.45) is 2.67. The number of aromatic nitrogens is 1. The molecular formula is C19H23F2N3O2. The van der Waals surface area contributed by atoms with Crippen molar-refractivity contribution in [3.63, 3.8) is 0 Å². The summed E-state index contributed by atoms with van der Waals surface area (Å²) >= 11 is 0. The van der Waals surface area contributed by atoms with E-state index in [1.807, 2.05) is 12.1 Å². The van der Waals surface area contributed by atoms with Gasteiger partial charge in [0.2, 0.25) is 0 Å². The molecule has 2 heterocycles. The summed E-state index contributed by atoms with van der Waals surface area (Å²) in [7, 11) is 3.18. The highest BCUT2D eigenvalue weighted by Crippen LogP contribution is 2.40. The second-order valence-corrected chi connectivity index (χ2v) is 7.02. The molecule has 2 aromatic rings. The molecule has 1 fully saturated rings. The van der Waals surface area contributed by atoms with E-state index in [4.69, 9.17) is 14.5 Å². The van der Waals surface area contributed by atoms with Gasteiger partial charge in [-0.2, -0.15) is 0 Å². The Kier molecular flexibility index (Phi) is 4.34. The molecule has 5 nitrogen and oxygen atoms in total. The number of ether oxygens (including phenoxy) is 2. The SMILES string of the molecule is COc1cc2nc3c(c(N[C@@H]4CNCC(F)(F)C4)c2cc1OC)CCC3. The van der Waals surface area contributed by atoms with Crippen molar-refractivity contribution < 1.29 is 18.3 Å². The van der Waals surface area contributed by atoms with Crippen molar-refractivity contribution in [3.8, 4) is 11.5 Å². The predicted octanol–water partition coefficient (Wildman–Crippen LogP) is 3.15. The van der Waals surface area contributed by atoms with Gasteiger partial charge in [-0.05, 0) is 30.9 Å². The Morgan fingerprint density at radius 1 is 1.19 bits per heavy atom. The maximum absolute atomic E-state index is 13.8. The van der Waals surface area contributed by atoms with Crippen LogP contribution in [0.25, 0.3) is 10.9 Å². The molecule has 1 aliphatic carbocycles. The van der Waals surface area contributed by atoms with E-state index in [2.05, 4.69) is 10.6 Å². The molecule has 1 aliphatic heterocycles. The Balaban J connectivity index is 1.81. The summed E-state index contributed by atoms with van der Waals surface area (Å²) in [4.78, 5) is 4.78. The minimum atomic E-state index is -2.69. The number of halogens is 2. The molecule has 1 saturated heterocycles. The van der Waals surface area contributed by atoms with Crippen LogP contribution in [0, 0.1) is 0 Å². The number of fused-ring (bicyclic) bond motifs is 2. The first-order valence-electron chi connectivity index (χ1n) is 8.93. The first-order chi connectivity index (χ1) is 12.5. The lowest BCUT2D eigenvalue weighted by molar-refractivity contribution is -0.0244. The van der Waals surface area contributed by atoms with Gasteiger partial charge in [0.15, 0.2) is 11.5 Å². The van der Waals surface area contributed by atoms with Crippen LogP contribution in [0.3, 0.4) is 0 Å². The maximum atomic E-state index is 13.8. The summed E-state index contributed by atoms with van der Waals surface area (Å²) in [5.41, 5.74) is 3.88. The number of aryl methyl sites for hydroxylation is 1. The van der Waals surface area contributed by atoms with Crippen molar-refractivity contribution >= 4 is 16.6 Å². The summed E-state index contributed by atoms with van der Waals surface area (Å²) in [5, 5.41) is 7.11. The molecule has 1 aromatic heterocycles. The average Bonchev–Trinajstić information content (AvgIpc) is 3.08. The fourth-order valence-electron chi connectivity index (χ4n) is 3.99. The Labute approximate surface area is 151 Å². The van der Waals surface area contributed by atoms with Crippen LogP contribution in [0.15, 0.2) is 12.1 Å². The van der Waals surface area contributed by atoms with Crippen LogP contribution in [-0.2, 0) is 12.8 Å². The average molecular weight is 363 g/mol. The normalized spacial score (nSPS) is 21.5. The molecule has 2 aliphatic rings. The molecule has 2 N–H and O–H groups in total. The minimum Gasteiger partial charge on any atom is -0.493 e. The van der Waals surface area contributed by atoms with Crippen molar-refractivity contribution in [2.75, 3.05) is 32.6 Å². The molecule has 26 heavy (non-hydrogen) atoms. The lowest BCUT2D eigenvalue weighted by Gasteiger charge is -2.32. The number of hydrogen-bond acceptors (Lipinski definition) is 5. The number of pyridine rings is 1. The van der Waals surface area contributed by atoms with Crippen molar-refractivity contribution in [1.82, 2.24) is 10.3 Å². The van der Waals surface area contributed by atoms with Crippen LogP contribution in [-0.4, -0.2) is 44.3 Å². The predicted molar refractivity (Wildman–Crippen MR) is 96.7 cm³/mol. The zero-order valence-corrected chi connectivity index (χ0v) is 15.0. The van der Waals surface area contributed by atoms with Gasteiger partial charge < -0.3 is 20.1 Å². The number of nitrogens with one attached hydrogen (secondary N) is 2. The summed E-state index contributed by atoms with van der Waals surface area (Å²) in [6, 6.07) is 3.41. The molecule has 0 bridgehead atoms. The highest BCUT2D eigenvalue weighted by molar-refractivity contribution is 5.96. The van der Waals surface area contributed by atoms with E-state index >= 15 is 0 Å².